The second kappa shape index (κ2) is 7.67. The molecule has 1 aromatic carbocycles. The Morgan fingerprint density at radius 1 is 1.25 bits per heavy atom. The molecule has 1 aromatic rings. The van der Waals surface area contributed by atoms with Gasteiger partial charge in [-0.25, -0.2) is 0 Å². The molecule has 20 heavy (non-hydrogen) atoms. The fraction of sp³-hybridized carbons (Fsp3) is 0.562. The number of hydrogen-bond donors (Lipinski definition) is 0. The van der Waals surface area contributed by atoms with Gasteiger partial charge in [-0.2, -0.15) is 0 Å². The first-order valence-corrected chi connectivity index (χ1v) is 7.73. The van der Waals surface area contributed by atoms with Gasteiger partial charge in [-0.3, -0.25) is 4.79 Å². The summed E-state index contributed by atoms with van der Waals surface area (Å²) in [6.45, 7) is 6.09. The zero-order valence-electron chi connectivity index (χ0n) is 12.6. The van der Waals surface area contributed by atoms with Gasteiger partial charge in [0.25, 0.3) is 0 Å². The van der Waals surface area contributed by atoms with Crippen LogP contribution in [0.25, 0.3) is 0 Å². The van der Waals surface area contributed by atoms with Crippen molar-refractivity contribution < 1.29 is 14.3 Å². The minimum Gasteiger partial charge on any atom is -0.488 e. The van der Waals surface area contributed by atoms with Crippen LogP contribution >= 0.6 is 15.9 Å². The number of carbonyl (C=O) groups excluding carboxylic acids is 1. The number of benzene rings is 1. The zero-order chi connectivity index (χ0) is 15.2. The van der Waals surface area contributed by atoms with Crippen molar-refractivity contribution in [1.82, 2.24) is 0 Å². The Labute approximate surface area is 129 Å². The molecular formula is C16H23BrO3. The Bertz CT molecular complexity index is 420. The van der Waals surface area contributed by atoms with Crippen LogP contribution in [0.4, 0.5) is 0 Å². The maximum absolute atomic E-state index is 11.2. The van der Waals surface area contributed by atoms with Crippen molar-refractivity contribution in [2.45, 2.75) is 50.5 Å². The molecule has 1 unspecified atom stereocenters. The zero-order valence-corrected chi connectivity index (χ0v) is 14.2. The van der Waals surface area contributed by atoms with E-state index in [9.17, 15) is 4.79 Å². The fourth-order valence-electron chi connectivity index (χ4n) is 1.81. The summed E-state index contributed by atoms with van der Waals surface area (Å²) in [5, 5.41) is 0. The molecule has 112 valence electrons. The van der Waals surface area contributed by atoms with Gasteiger partial charge in [0.05, 0.1) is 7.11 Å². The van der Waals surface area contributed by atoms with E-state index in [1.807, 2.05) is 32.9 Å². The Balaban J connectivity index is 2.40. The Morgan fingerprint density at radius 2 is 1.85 bits per heavy atom. The average molecular weight is 343 g/mol. The van der Waals surface area contributed by atoms with E-state index in [4.69, 9.17) is 4.74 Å². The molecule has 0 N–H and O–H groups in total. The van der Waals surface area contributed by atoms with Gasteiger partial charge in [-0.15, -0.1) is 0 Å². The highest BCUT2D eigenvalue weighted by Crippen LogP contribution is 2.20. The molecule has 0 aromatic heterocycles. The molecule has 0 aliphatic carbocycles. The second-order valence-corrected chi connectivity index (χ2v) is 6.85. The molecule has 0 fully saturated rings. The van der Waals surface area contributed by atoms with E-state index in [-0.39, 0.29) is 16.4 Å². The van der Waals surface area contributed by atoms with E-state index in [1.54, 1.807) is 0 Å². The third-order valence-electron chi connectivity index (χ3n) is 2.73. The molecule has 0 aliphatic heterocycles. The van der Waals surface area contributed by atoms with Crippen LogP contribution in [0.3, 0.4) is 0 Å². The van der Waals surface area contributed by atoms with Crippen LogP contribution in [0.1, 0.15) is 39.2 Å². The molecule has 0 heterocycles. The van der Waals surface area contributed by atoms with Crippen molar-refractivity contribution in [3.8, 4) is 5.75 Å². The van der Waals surface area contributed by atoms with Gasteiger partial charge in [0.2, 0.25) is 0 Å². The lowest BCUT2D eigenvalue weighted by molar-refractivity contribution is -0.139. The number of ether oxygens (including phenoxy) is 2. The SMILES string of the molecule is COC(=O)C(Br)CCCc1ccc(OC(C)(C)C)cc1. The van der Waals surface area contributed by atoms with Crippen LogP contribution < -0.4 is 4.74 Å². The van der Waals surface area contributed by atoms with E-state index in [2.05, 4.69) is 32.8 Å². The molecule has 0 aliphatic rings. The lowest BCUT2D eigenvalue weighted by atomic mass is 10.1. The number of carbonyl (C=O) groups is 1. The van der Waals surface area contributed by atoms with E-state index in [0.29, 0.717) is 0 Å². The smallest absolute Gasteiger partial charge is 0.319 e. The number of hydrogen-bond acceptors (Lipinski definition) is 3. The van der Waals surface area contributed by atoms with Crippen molar-refractivity contribution in [2.24, 2.45) is 0 Å². The van der Waals surface area contributed by atoms with Gasteiger partial charge < -0.3 is 9.47 Å². The number of aryl methyl sites for hydroxylation is 1. The van der Waals surface area contributed by atoms with Gasteiger partial charge in [-0.1, -0.05) is 28.1 Å². The molecular weight excluding hydrogens is 320 g/mol. The number of esters is 1. The predicted octanol–water partition coefficient (Wildman–Crippen LogP) is 4.12. The van der Waals surface area contributed by atoms with Crippen molar-refractivity contribution in [2.75, 3.05) is 7.11 Å². The quantitative estimate of drug-likeness (QED) is 0.576. The highest BCUT2D eigenvalue weighted by atomic mass is 79.9. The van der Waals surface area contributed by atoms with E-state index in [1.165, 1.54) is 12.7 Å². The summed E-state index contributed by atoms with van der Waals surface area (Å²) in [6.07, 6.45) is 2.65. The fourth-order valence-corrected chi connectivity index (χ4v) is 2.32. The summed E-state index contributed by atoms with van der Waals surface area (Å²) in [7, 11) is 1.41. The molecule has 0 saturated carbocycles. The third-order valence-corrected chi connectivity index (χ3v) is 3.56. The van der Waals surface area contributed by atoms with E-state index >= 15 is 0 Å². The van der Waals surface area contributed by atoms with E-state index in [0.717, 1.165) is 25.0 Å². The first kappa shape index (κ1) is 17.0. The molecule has 0 saturated heterocycles. The Hall–Kier alpha value is -1.03. The number of rotatable bonds is 6. The number of methoxy groups -OCH3 is 1. The van der Waals surface area contributed by atoms with E-state index < -0.39 is 0 Å². The monoisotopic (exact) mass is 342 g/mol. The van der Waals surface area contributed by atoms with Crippen LogP contribution in [-0.4, -0.2) is 23.5 Å². The topological polar surface area (TPSA) is 35.5 Å². The van der Waals surface area contributed by atoms with Gasteiger partial charge in [0, 0.05) is 0 Å². The largest absolute Gasteiger partial charge is 0.488 e. The van der Waals surface area contributed by atoms with Gasteiger partial charge in [-0.05, 0) is 57.7 Å². The van der Waals surface area contributed by atoms with Crippen LogP contribution in [0.2, 0.25) is 0 Å². The van der Waals surface area contributed by atoms with Crippen LogP contribution in [-0.2, 0) is 16.0 Å². The molecule has 4 heteroatoms. The summed E-state index contributed by atoms with van der Waals surface area (Å²) in [4.78, 5) is 11.0. The van der Waals surface area contributed by atoms with Crippen molar-refractivity contribution in [3.63, 3.8) is 0 Å². The van der Waals surface area contributed by atoms with Crippen molar-refractivity contribution in [3.05, 3.63) is 29.8 Å². The minimum absolute atomic E-state index is 0.175. The lowest BCUT2D eigenvalue weighted by Crippen LogP contribution is -2.22. The second-order valence-electron chi connectivity index (χ2n) is 5.74. The molecule has 1 rings (SSSR count). The maximum atomic E-state index is 11.2. The first-order chi connectivity index (χ1) is 9.31. The summed E-state index contributed by atoms with van der Waals surface area (Å²) in [6, 6.07) is 8.13. The summed E-state index contributed by atoms with van der Waals surface area (Å²) < 4.78 is 10.5. The summed E-state index contributed by atoms with van der Waals surface area (Å²) in [5.41, 5.74) is 1.07. The van der Waals surface area contributed by atoms with Gasteiger partial charge in [0.1, 0.15) is 16.2 Å². The molecule has 0 spiro atoms. The van der Waals surface area contributed by atoms with Gasteiger partial charge >= 0.3 is 5.97 Å². The molecule has 0 radical (unpaired) electrons. The average Bonchev–Trinajstić information content (AvgIpc) is 2.38. The first-order valence-electron chi connectivity index (χ1n) is 6.81. The molecule has 3 nitrogen and oxygen atoms in total. The normalized spacial score (nSPS) is 12.8. The summed E-state index contributed by atoms with van der Waals surface area (Å²) in [5.74, 6) is 0.674. The third kappa shape index (κ3) is 6.42. The standard InChI is InChI=1S/C16H23BrO3/c1-16(2,3)20-13-10-8-12(9-11-13)6-5-7-14(17)15(18)19-4/h8-11,14H,5-7H2,1-4H3. The van der Waals surface area contributed by atoms with Crippen LogP contribution in [0, 0.1) is 0 Å². The highest BCUT2D eigenvalue weighted by molar-refractivity contribution is 9.10. The predicted molar refractivity (Wildman–Crippen MR) is 84.5 cm³/mol. The maximum Gasteiger partial charge on any atom is 0.319 e. The number of halogens is 1. The van der Waals surface area contributed by atoms with Crippen molar-refractivity contribution >= 4 is 21.9 Å². The number of alkyl halides is 1. The Morgan fingerprint density at radius 3 is 2.35 bits per heavy atom. The van der Waals surface area contributed by atoms with Gasteiger partial charge in [0.15, 0.2) is 0 Å². The molecule has 1 atom stereocenters. The minimum atomic E-state index is -0.212. The van der Waals surface area contributed by atoms with Crippen LogP contribution in [0.15, 0.2) is 24.3 Å². The van der Waals surface area contributed by atoms with Crippen molar-refractivity contribution in [1.29, 1.82) is 0 Å². The molecule has 0 bridgehead atoms. The Kier molecular flexibility index (Phi) is 6.53. The summed E-state index contributed by atoms with van der Waals surface area (Å²) >= 11 is 3.33. The van der Waals surface area contributed by atoms with Crippen LogP contribution in [0.5, 0.6) is 5.75 Å². The molecule has 0 amide bonds. The highest BCUT2D eigenvalue weighted by Gasteiger charge is 2.14. The lowest BCUT2D eigenvalue weighted by Gasteiger charge is -2.21.